The third kappa shape index (κ3) is 6.05. The summed E-state index contributed by atoms with van der Waals surface area (Å²) in [5, 5.41) is 3.57. The van der Waals surface area contributed by atoms with E-state index in [1.54, 1.807) is 7.11 Å². The summed E-state index contributed by atoms with van der Waals surface area (Å²) in [6, 6.07) is 8.38. The van der Waals surface area contributed by atoms with Crippen molar-refractivity contribution in [1.29, 1.82) is 0 Å². The molecule has 2 atom stereocenters. The van der Waals surface area contributed by atoms with Crippen LogP contribution in [-0.2, 0) is 9.47 Å². The van der Waals surface area contributed by atoms with Crippen LogP contribution in [0.15, 0.2) is 29.3 Å². The van der Waals surface area contributed by atoms with Gasteiger partial charge in [0.2, 0.25) is 0 Å². The molecule has 0 amide bonds. The van der Waals surface area contributed by atoms with Crippen molar-refractivity contribution in [1.82, 2.24) is 15.1 Å². The standard InChI is InChI=1S/C24H39N5O3/c1-25-24(29-16-18-32-23(19-29)22-5-3-17-31-22)26-10-4-11-27-12-14-28(15-13-27)20-6-8-21(30-2)9-7-20/h6-9,22-23H,3-5,10-19H2,1-2H3,(H,25,26). The monoisotopic (exact) mass is 445 g/mol. The predicted molar refractivity (Wildman–Crippen MR) is 128 cm³/mol. The lowest BCUT2D eigenvalue weighted by Gasteiger charge is -2.37. The lowest BCUT2D eigenvalue weighted by Crippen LogP contribution is -2.53. The van der Waals surface area contributed by atoms with Gasteiger partial charge in [-0.25, -0.2) is 0 Å². The van der Waals surface area contributed by atoms with E-state index in [1.807, 2.05) is 19.2 Å². The Bertz CT molecular complexity index is 715. The number of hydrogen-bond donors (Lipinski definition) is 1. The molecule has 4 rings (SSSR count). The third-order valence-electron chi connectivity index (χ3n) is 6.73. The number of guanidine groups is 1. The maximum Gasteiger partial charge on any atom is 0.193 e. The predicted octanol–water partition coefficient (Wildman–Crippen LogP) is 1.66. The molecule has 3 heterocycles. The molecule has 0 aromatic heterocycles. The molecule has 3 aliphatic heterocycles. The van der Waals surface area contributed by atoms with E-state index in [0.29, 0.717) is 0 Å². The summed E-state index contributed by atoms with van der Waals surface area (Å²) < 4.78 is 17.1. The first-order chi connectivity index (χ1) is 15.8. The van der Waals surface area contributed by atoms with E-state index in [1.165, 1.54) is 5.69 Å². The van der Waals surface area contributed by atoms with Gasteiger partial charge in [-0.3, -0.25) is 9.89 Å². The summed E-state index contributed by atoms with van der Waals surface area (Å²) in [5.41, 5.74) is 1.28. The van der Waals surface area contributed by atoms with Crippen molar-refractivity contribution in [2.45, 2.75) is 31.5 Å². The molecule has 3 aliphatic rings. The molecule has 178 valence electrons. The minimum absolute atomic E-state index is 0.159. The normalized spacial score (nSPS) is 25.2. The average molecular weight is 446 g/mol. The van der Waals surface area contributed by atoms with Crippen molar-refractivity contribution in [3.63, 3.8) is 0 Å². The van der Waals surface area contributed by atoms with E-state index >= 15 is 0 Å². The highest BCUT2D eigenvalue weighted by molar-refractivity contribution is 5.80. The summed E-state index contributed by atoms with van der Waals surface area (Å²) in [7, 11) is 3.58. The number of benzene rings is 1. The molecule has 0 spiro atoms. The van der Waals surface area contributed by atoms with E-state index in [-0.39, 0.29) is 12.2 Å². The number of ether oxygens (including phenoxy) is 3. The maximum atomic E-state index is 5.98. The molecule has 8 heteroatoms. The molecule has 1 aromatic carbocycles. The van der Waals surface area contributed by atoms with Crippen LogP contribution in [0.5, 0.6) is 5.75 Å². The number of morpholine rings is 1. The van der Waals surface area contributed by atoms with Gasteiger partial charge in [-0.15, -0.1) is 0 Å². The first-order valence-corrected chi connectivity index (χ1v) is 12.1. The fourth-order valence-corrected chi connectivity index (χ4v) is 4.85. The molecule has 8 nitrogen and oxygen atoms in total. The van der Waals surface area contributed by atoms with Gasteiger partial charge < -0.3 is 29.3 Å². The molecule has 0 radical (unpaired) electrons. The van der Waals surface area contributed by atoms with Gasteiger partial charge in [0.25, 0.3) is 0 Å². The van der Waals surface area contributed by atoms with E-state index in [2.05, 4.69) is 37.1 Å². The van der Waals surface area contributed by atoms with Gasteiger partial charge in [0.15, 0.2) is 5.96 Å². The van der Waals surface area contributed by atoms with E-state index in [4.69, 9.17) is 14.2 Å². The molecule has 32 heavy (non-hydrogen) atoms. The summed E-state index contributed by atoms with van der Waals surface area (Å²) in [6.07, 6.45) is 3.77. The minimum Gasteiger partial charge on any atom is -0.497 e. The zero-order chi connectivity index (χ0) is 22.2. The number of hydrogen-bond acceptors (Lipinski definition) is 6. The summed E-state index contributed by atoms with van der Waals surface area (Å²) in [6.45, 7) is 9.75. The lowest BCUT2D eigenvalue weighted by molar-refractivity contribution is -0.0816. The van der Waals surface area contributed by atoms with Gasteiger partial charge in [0, 0.05) is 65.2 Å². The number of aliphatic imine (C=N–C) groups is 1. The van der Waals surface area contributed by atoms with Crippen LogP contribution in [-0.4, -0.2) is 108 Å². The van der Waals surface area contributed by atoms with Crippen molar-refractivity contribution in [3.05, 3.63) is 24.3 Å². The summed E-state index contributed by atoms with van der Waals surface area (Å²) in [4.78, 5) is 11.9. The Morgan fingerprint density at radius 2 is 1.84 bits per heavy atom. The number of methoxy groups -OCH3 is 1. The molecular weight excluding hydrogens is 406 g/mol. The van der Waals surface area contributed by atoms with Gasteiger partial charge in [-0.2, -0.15) is 0 Å². The van der Waals surface area contributed by atoms with Crippen LogP contribution in [0.3, 0.4) is 0 Å². The van der Waals surface area contributed by atoms with Crippen LogP contribution in [0, 0.1) is 0 Å². The molecule has 1 aromatic rings. The Kier molecular flexibility index (Phi) is 8.48. The Morgan fingerprint density at radius 3 is 2.53 bits per heavy atom. The van der Waals surface area contributed by atoms with Crippen LogP contribution in [0.2, 0.25) is 0 Å². The quantitative estimate of drug-likeness (QED) is 0.389. The van der Waals surface area contributed by atoms with Crippen molar-refractivity contribution in [3.8, 4) is 5.75 Å². The lowest BCUT2D eigenvalue weighted by atomic mass is 10.1. The van der Waals surface area contributed by atoms with E-state index in [0.717, 1.165) is 96.5 Å². The second kappa shape index (κ2) is 11.7. The molecule has 3 fully saturated rings. The van der Waals surface area contributed by atoms with Crippen LogP contribution in [0.25, 0.3) is 0 Å². The Balaban J connectivity index is 1.14. The number of anilines is 1. The first kappa shape index (κ1) is 23.1. The Labute approximate surface area is 192 Å². The molecule has 0 aliphatic carbocycles. The zero-order valence-electron chi connectivity index (χ0n) is 19.7. The van der Waals surface area contributed by atoms with Gasteiger partial charge in [0.1, 0.15) is 11.9 Å². The highest BCUT2D eigenvalue weighted by Crippen LogP contribution is 2.22. The second-order valence-electron chi connectivity index (χ2n) is 8.76. The van der Waals surface area contributed by atoms with E-state index < -0.39 is 0 Å². The zero-order valence-corrected chi connectivity index (χ0v) is 19.7. The van der Waals surface area contributed by atoms with Crippen LogP contribution in [0.4, 0.5) is 5.69 Å². The second-order valence-corrected chi connectivity index (χ2v) is 8.76. The first-order valence-electron chi connectivity index (χ1n) is 12.1. The molecule has 0 bridgehead atoms. The molecule has 1 N–H and O–H groups in total. The van der Waals surface area contributed by atoms with Gasteiger partial charge >= 0.3 is 0 Å². The van der Waals surface area contributed by atoms with Crippen molar-refractivity contribution in [2.75, 3.05) is 84.6 Å². The summed E-state index contributed by atoms with van der Waals surface area (Å²) in [5.74, 6) is 1.90. The molecule has 3 saturated heterocycles. The highest BCUT2D eigenvalue weighted by Gasteiger charge is 2.32. The highest BCUT2D eigenvalue weighted by atomic mass is 16.5. The SMILES string of the molecule is CN=C(NCCCN1CCN(c2ccc(OC)cc2)CC1)N1CCOC(C2CCCO2)C1. The maximum absolute atomic E-state index is 5.98. The largest absolute Gasteiger partial charge is 0.497 e. The Morgan fingerprint density at radius 1 is 1.06 bits per heavy atom. The number of piperazine rings is 1. The molecular formula is C24H39N5O3. The average Bonchev–Trinajstić information content (AvgIpc) is 3.40. The minimum atomic E-state index is 0.159. The van der Waals surface area contributed by atoms with Crippen molar-refractivity contribution >= 4 is 11.6 Å². The fourth-order valence-electron chi connectivity index (χ4n) is 4.85. The molecule has 0 saturated carbocycles. The number of rotatable bonds is 7. The van der Waals surface area contributed by atoms with Gasteiger partial charge in [-0.05, 0) is 50.1 Å². The third-order valence-corrected chi connectivity index (χ3v) is 6.73. The number of nitrogens with zero attached hydrogens (tertiary/aromatic N) is 4. The van der Waals surface area contributed by atoms with Crippen molar-refractivity contribution < 1.29 is 14.2 Å². The van der Waals surface area contributed by atoms with E-state index in [9.17, 15) is 0 Å². The molecule has 2 unspecified atom stereocenters. The number of nitrogens with one attached hydrogen (secondary N) is 1. The van der Waals surface area contributed by atoms with Crippen LogP contribution < -0.4 is 15.0 Å². The van der Waals surface area contributed by atoms with Crippen LogP contribution in [0.1, 0.15) is 19.3 Å². The Hall–Kier alpha value is -2.03. The van der Waals surface area contributed by atoms with Gasteiger partial charge in [0.05, 0.1) is 19.8 Å². The van der Waals surface area contributed by atoms with Crippen LogP contribution >= 0.6 is 0 Å². The topological polar surface area (TPSA) is 61.8 Å². The van der Waals surface area contributed by atoms with Gasteiger partial charge in [-0.1, -0.05) is 0 Å². The fraction of sp³-hybridized carbons (Fsp3) is 0.708. The summed E-state index contributed by atoms with van der Waals surface area (Å²) >= 11 is 0. The smallest absolute Gasteiger partial charge is 0.193 e. The van der Waals surface area contributed by atoms with Crippen molar-refractivity contribution in [2.24, 2.45) is 4.99 Å².